The molecule has 9 nitrogen and oxygen atoms in total. The van der Waals surface area contributed by atoms with Crippen molar-refractivity contribution in [1.82, 2.24) is 4.90 Å². The highest BCUT2D eigenvalue weighted by Gasteiger charge is 2.40. The number of nitrogens with one attached hydrogen (secondary N) is 1. The second kappa shape index (κ2) is 11.5. The lowest BCUT2D eigenvalue weighted by molar-refractivity contribution is -0.142. The molecule has 0 radical (unpaired) electrons. The molecule has 1 aromatic heterocycles. The molecule has 234 valence electrons. The summed E-state index contributed by atoms with van der Waals surface area (Å²) in [5.74, 6) is -1.60. The van der Waals surface area contributed by atoms with Crippen molar-refractivity contribution in [3.8, 4) is 11.1 Å². The molecule has 0 bridgehead atoms. The number of anilines is 1. The third-order valence-electron chi connectivity index (χ3n) is 8.42. The van der Waals surface area contributed by atoms with Crippen LogP contribution in [0.5, 0.6) is 0 Å². The van der Waals surface area contributed by atoms with Crippen LogP contribution in [0, 0.1) is 0 Å². The zero-order chi connectivity index (χ0) is 32.2. The molecular formula is C36H32N2O7S. The molecule has 1 atom stereocenters. The maximum Gasteiger partial charge on any atom is 0.412 e. The van der Waals surface area contributed by atoms with Crippen LogP contribution in [-0.4, -0.2) is 47.1 Å². The van der Waals surface area contributed by atoms with E-state index in [1.807, 2.05) is 48.5 Å². The Morgan fingerprint density at radius 3 is 2.22 bits per heavy atom. The maximum atomic E-state index is 13.6. The van der Waals surface area contributed by atoms with Gasteiger partial charge in [0.15, 0.2) is 0 Å². The lowest BCUT2D eigenvalue weighted by atomic mass is 9.98. The molecular weight excluding hydrogens is 604 g/mol. The summed E-state index contributed by atoms with van der Waals surface area (Å²) in [4.78, 5) is 55.2. The average molecular weight is 637 g/mol. The largest absolute Gasteiger partial charge is 0.456 e. The van der Waals surface area contributed by atoms with Gasteiger partial charge in [0.05, 0.1) is 18.7 Å². The Kier molecular flexibility index (Phi) is 7.49. The molecule has 1 unspecified atom stereocenters. The predicted molar refractivity (Wildman–Crippen MR) is 172 cm³/mol. The quantitative estimate of drug-likeness (QED) is 0.192. The van der Waals surface area contributed by atoms with Crippen LogP contribution in [0.2, 0.25) is 0 Å². The Morgan fingerprint density at radius 1 is 0.935 bits per heavy atom. The van der Waals surface area contributed by atoms with Gasteiger partial charge in [-0.3, -0.25) is 19.8 Å². The minimum Gasteiger partial charge on any atom is -0.456 e. The summed E-state index contributed by atoms with van der Waals surface area (Å²) in [5.41, 5.74) is 5.60. The van der Waals surface area contributed by atoms with Crippen molar-refractivity contribution in [1.29, 1.82) is 0 Å². The van der Waals surface area contributed by atoms with Gasteiger partial charge in [-0.15, -0.1) is 11.3 Å². The van der Waals surface area contributed by atoms with E-state index in [0.29, 0.717) is 16.0 Å². The number of nitrogens with zero attached hydrogens (tertiary/aromatic N) is 1. The summed E-state index contributed by atoms with van der Waals surface area (Å²) in [6.45, 7) is 5.58. The smallest absolute Gasteiger partial charge is 0.412 e. The first kappa shape index (κ1) is 29.9. The number of hydrogen-bond acceptors (Lipinski definition) is 8. The standard InChI is InChI=1S/C36H32N2O7S/c1-36(2,3)45-34(41)30-26-16-28(33(40)38-17-20-10-4-5-11-21(20)32(38)39)43-19-29(26)46-31(30)37-35(42)44-18-27-24-14-8-6-12-22(24)23-13-7-9-15-25(23)27/h4-15,27-28H,16-19H2,1-3H3,(H,37,42). The highest BCUT2D eigenvalue weighted by Crippen LogP contribution is 2.45. The lowest BCUT2D eigenvalue weighted by Crippen LogP contribution is -2.43. The van der Waals surface area contributed by atoms with E-state index in [9.17, 15) is 19.2 Å². The number of rotatable bonds is 5. The van der Waals surface area contributed by atoms with Crippen LogP contribution < -0.4 is 5.32 Å². The number of thiophene rings is 1. The third-order valence-corrected chi connectivity index (χ3v) is 9.54. The van der Waals surface area contributed by atoms with Crippen LogP contribution in [0.25, 0.3) is 11.1 Å². The first-order chi connectivity index (χ1) is 22.1. The summed E-state index contributed by atoms with van der Waals surface area (Å²) in [7, 11) is 0. The molecule has 0 fully saturated rings. The van der Waals surface area contributed by atoms with E-state index in [2.05, 4.69) is 17.4 Å². The first-order valence-electron chi connectivity index (χ1n) is 15.1. The number of fused-ring (bicyclic) bond motifs is 5. The third kappa shape index (κ3) is 5.37. The molecule has 3 heterocycles. The molecule has 46 heavy (non-hydrogen) atoms. The van der Waals surface area contributed by atoms with Gasteiger partial charge in [0.2, 0.25) is 0 Å². The molecule has 3 aromatic carbocycles. The van der Waals surface area contributed by atoms with Crippen LogP contribution in [0.15, 0.2) is 72.8 Å². The van der Waals surface area contributed by atoms with Crippen molar-refractivity contribution >= 4 is 40.2 Å². The van der Waals surface area contributed by atoms with Gasteiger partial charge in [0.25, 0.3) is 11.8 Å². The maximum absolute atomic E-state index is 13.6. The number of amides is 3. The molecule has 1 N–H and O–H groups in total. The van der Waals surface area contributed by atoms with E-state index < -0.39 is 29.7 Å². The molecule has 10 heteroatoms. The van der Waals surface area contributed by atoms with Gasteiger partial charge in [-0.25, -0.2) is 9.59 Å². The Balaban J connectivity index is 1.11. The van der Waals surface area contributed by atoms with E-state index in [-0.39, 0.29) is 48.6 Å². The summed E-state index contributed by atoms with van der Waals surface area (Å²) in [6.07, 6.45) is -1.64. The highest BCUT2D eigenvalue weighted by molar-refractivity contribution is 7.17. The number of hydrogen-bond donors (Lipinski definition) is 1. The fraction of sp³-hybridized carbons (Fsp3) is 0.278. The van der Waals surface area contributed by atoms with Gasteiger partial charge in [0.1, 0.15) is 23.3 Å². The molecule has 0 saturated heterocycles. The van der Waals surface area contributed by atoms with E-state index in [0.717, 1.165) is 27.8 Å². The highest BCUT2D eigenvalue weighted by atomic mass is 32.1. The van der Waals surface area contributed by atoms with E-state index in [1.54, 1.807) is 32.9 Å². The van der Waals surface area contributed by atoms with Crippen molar-refractivity contribution in [2.45, 2.75) is 58.0 Å². The van der Waals surface area contributed by atoms with Crippen molar-refractivity contribution in [3.05, 3.63) is 111 Å². The Bertz CT molecular complexity index is 1860. The van der Waals surface area contributed by atoms with Gasteiger partial charge < -0.3 is 14.2 Å². The molecule has 2 aliphatic heterocycles. The van der Waals surface area contributed by atoms with Crippen LogP contribution in [0.4, 0.5) is 9.80 Å². The fourth-order valence-electron chi connectivity index (χ4n) is 6.39. The Morgan fingerprint density at radius 2 is 1.57 bits per heavy atom. The number of imide groups is 1. The van der Waals surface area contributed by atoms with Crippen molar-refractivity contribution in [2.24, 2.45) is 0 Å². The number of ether oxygens (including phenoxy) is 3. The number of esters is 1. The minimum absolute atomic E-state index is 0.0353. The van der Waals surface area contributed by atoms with Crippen molar-refractivity contribution in [3.63, 3.8) is 0 Å². The number of carbonyl (C=O) groups excluding carboxylic acids is 4. The monoisotopic (exact) mass is 636 g/mol. The van der Waals surface area contributed by atoms with Gasteiger partial charge >= 0.3 is 12.1 Å². The van der Waals surface area contributed by atoms with Crippen molar-refractivity contribution in [2.75, 3.05) is 11.9 Å². The van der Waals surface area contributed by atoms with Crippen LogP contribution >= 0.6 is 11.3 Å². The molecule has 3 aliphatic rings. The molecule has 0 saturated carbocycles. The van der Waals surface area contributed by atoms with Crippen LogP contribution in [0.3, 0.4) is 0 Å². The van der Waals surface area contributed by atoms with Crippen LogP contribution in [-0.2, 0) is 38.6 Å². The average Bonchev–Trinajstić information content (AvgIpc) is 3.67. The van der Waals surface area contributed by atoms with Gasteiger partial charge in [0, 0.05) is 22.8 Å². The molecule has 3 amide bonds. The minimum atomic E-state index is -0.983. The zero-order valence-electron chi connectivity index (χ0n) is 25.6. The van der Waals surface area contributed by atoms with E-state index in [1.165, 1.54) is 16.2 Å². The topological polar surface area (TPSA) is 111 Å². The molecule has 1 aliphatic carbocycles. The normalized spacial score (nSPS) is 16.7. The van der Waals surface area contributed by atoms with Gasteiger partial charge in [-0.05, 0) is 60.2 Å². The Hall–Kier alpha value is -4.80. The Labute approximate surface area is 270 Å². The summed E-state index contributed by atoms with van der Waals surface area (Å²) >= 11 is 1.19. The van der Waals surface area contributed by atoms with E-state index in [4.69, 9.17) is 14.2 Å². The SMILES string of the molecule is CC(C)(C)OC(=O)c1c(NC(=O)OCC2c3ccccc3-c3ccccc32)sc2c1CC(C(=O)N1Cc3ccccc3C1=O)OC2. The first-order valence-corrected chi connectivity index (χ1v) is 16.0. The fourth-order valence-corrected chi connectivity index (χ4v) is 7.52. The second-order valence-corrected chi connectivity index (χ2v) is 13.7. The number of benzene rings is 3. The second-order valence-electron chi connectivity index (χ2n) is 12.6. The lowest BCUT2D eigenvalue weighted by Gasteiger charge is -2.26. The molecule has 7 rings (SSSR count). The summed E-state index contributed by atoms with van der Waals surface area (Å²) in [6, 6.07) is 23.3. The van der Waals surface area contributed by atoms with Crippen LogP contribution in [0.1, 0.15) is 74.5 Å². The molecule has 4 aromatic rings. The van der Waals surface area contributed by atoms with Crippen molar-refractivity contribution < 1.29 is 33.4 Å². The number of carbonyl (C=O) groups is 4. The zero-order valence-corrected chi connectivity index (χ0v) is 26.4. The van der Waals surface area contributed by atoms with E-state index >= 15 is 0 Å². The van der Waals surface area contributed by atoms with Gasteiger partial charge in [-0.1, -0.05) is 66.7 Å². The summed E-state index contributed by atoms with van der Waals surface area (Å²) < 4.78 is 17.4. The molecule has 0 spiro atoms. The van der Waals surface area contributed by atoms with Gasteiger partial charge in [-0.2, -0.15) is 0 Å². The predicted octanol–water partition coefficient (Wildman–Crippen LogP) is 6.69. The summed E-state index contributed by atoms with van der Waals surface area (Å²) in [5, 5.41) is 3.04.